The van der Waals surface area contributed by atoms with Gasteiger partial charge < -0.3 is 25.4 Å². The van der Waals surface area contributed by atoms with E-state index in [0.717, 1.165) is 61.6 Å². The van der Waals surface area contributed by atoms with Crippen LogP contribution in [0.2, 0.25) is 0 Å². The molecule has 8 bridgehead atoms. The fourth-order valence-electron chi connectivity index (χ4n) is 6.63. The second-order valence-corrected chi connectivity index (χ2v) is 11.6. The topological polar surface area (TPSA) is 114 Å². The van der Waals surface area contributed by atoms with E-state index in [2.05, 4.69) is 73.1 Å². The van der Waals surface area contributed by atoms with Gasteiger partial charge >= 0.3 is 5.97 Å². The van der Waals surface area contributed by atoms with Crippen LogP contribution in [0.1, 0.15) is 87.6 Å². The van der Waals surface area contributed by atoms with Crippen molar-refractivity contribution in [1.29, 1.82) is 0 Å². The molecule has 3 aliphatic rings. The van der Waals surface area contributed by atoms with Gasteiger partial charge in [0.2, 0.25) is 0 Å². The van der Waals surface area contributed by atoms with Gasteiger partial charge in [-0.25, -0.2) is 0 Å². The van der Waals surface area contributed by atoms with E-state index in [4.69, 9.17) is 0 Å². The number of aromatic amines is 3. The van der Waals surface area contributed by atoms with Crippen molar-refractivity contribution >= 4 is 35.6 Å². The van der Waals surface area contributed by atoms with Gasteiger partial charge in [0.05, 0.1) is 5.69 Å². The Labute approximate surface area is 227 Å². The molecular weight excluding hydrogens is 488 g/mol. The Morgan fingerprint density at radius 3 is 2.03 bits per heavy atom. The maximum atomic E-state index is 13.6. The average Bonchev–Trinajstić information content (AvgIpc) is 3.59. The molecule has 7 heteroatoms. The van der Waals surface area contributed by atoms with Crippen LogP contribution in [0, 0.1) is 52.4 Å². The number of carboxylic acid groups (broad SMARTS) is 1. The zero-order valence-corrected chi connectivity index (χ0v) is 23.6. The Balaban J connectivity index is 1.69. The van der Waals surface area contributed by atoms with Gasteiger partial charge in [0.15, 0.2) is 5.78 Å². The third-order valence-corrected chi connectivity index (χ3v) is 9.49. The number of ketones is 1. The van der Waals surface area contributed by atoms with E-state index in [1.165, 1.54) is 22.3 Å². The number of hydrogen-bond donors (Lipinski definition) is 5. The van der Waals surface area contributed by atoms with E-state index >= 15 is 0 Å². The highest BCUT2D eigenvalue weighted by Crippen LogP contribution is 2.47. The van der Waals surface area contributed by atoms with Crippen molar-refractivity contribution in [1.82, 2.24) is 20.3 Å². The molecule has 1 fully saturated rings. The summed E-state index contributed by atoms with van der Waals surface area (Å²) in [6.45, 7) is 14.6. The molecule has 202 valence electrons. The van der Waals surface area contributed by atoms with E-state index < -0.39 is 5.97 Å². The zero-order valence-electron chi connectivity index (χ0n) is 23.6. The maximum absolute atomic E-state index is 13.6. The van der Waals surface area contributed by atoms with Crippen LogP contribution in [0.4, 0.5) is 0 Å². The summed E-state index contributed by atoms with van der Waals surface area (Å²) in [5.74, 6) is -0.969. The summed E-state index contributed by atoms with van der Waals surface area (Å²) >= 11 is 0. The summed E-state index contributed by atoms with van der Waals surface area (Å²) in [5.41, 5.74) is 13.3. The number of aliphatic carboxylic acids is 1. The van der Waals surface area contributed by atoms with E-state index in [1.807, 2.05) is 13.8 Å². The fourth-order valence-corrected chi connectivity index (χ4v) is 6.63. The first-order valence-corrected chi connectivity index (χ1v) is 13.8. The number of nitrogens with one attached hydrogen (secondary N) is 4. The predicted octanol–water partition coefficient (Wildman–Crippen LogP) is 4.49. The van der Waals surface area contributed by atoms with E-state index in [9.17, 15) is 14.7 Å². The lowest BCUT2D eigenvalue weighted by Crippen LogP contribution is -2.16. The first-order valence-electron chi connectivity index (χ1n) is 13.8. The van der Waals surface area contributed by atoms with Crippen molar-refractivity contribution in [3.8, 4) is 0 Å². The Morgan fingerprint density at radius 1 is 0.821 bits per heavy atom. The number of H-pyrrole nitrogens is 3. The molecule has 3 atom stereocenters. The van der Waals surface area contributed by atoms with E-state index in [-0.39, 0.29) is 30.0 Å². The normalized spacial score (nSPS) is 26.5. The minimum atomic E-state index is -0.807. The van der Waals surface area contributed by atoms with Crippen molar-refractivity contribution in [2.75, 3.05) is 0 Å². The van der Waals surface area contributed by atoms with Crippen LogP contribution < -0.4 is 16.0 Å². The smallest absolute Gasteiger partial charge is 0.303 e. The number of carbonyl (C=O) groups excluding carboxylic acids is 1. The highest BCUT2D eigenvalue weighted by Gasteiger charge is 2.43. The molecule has 6 rings (SSSR count). The number of allylic oxidation sites excluding steroid dienone is 3. The SMILES string of the molecule is Cc1c2[nH]c(c1C)/C=c1\[nH]/c(c(C)c1C)=C\c1[nH]c3c(c1C)C(=O)[C@H](C)/C3=C1/N/C(=C\2)[C@@H](C)[C@@H]1CCC(=O)O. The zero-order chi connectivity index (χ0) is 27.9. The van der Waals surface area contributed by atoms with Crippen LogP contribution in [-0.4, -0.2) is 31.8 Å². The van der Waals surface area contributed by atoms with Crippen LogP contribution in [0.5, 0.6) is 0 Å². The molecule has 0 unspecified atom stereocenters. The summed E-state index contributed by atoms with van der Waals surface area (Å²) in [4.78, 5) is 36.1. The number of carboxylic acids is 1. The standard InChI is InChI=1S/C32H36N4O3/c1-13-15(3)23-11-25-17(5)20(8-9-27(37)38)30(35-25)28-19(7)32(39)29-18(6)26(36-31(28)29)12-24-16(4)14(2)22(34-24)10-21(13)33-23/h10-12,17,19-20,33-36H,8-9H2,1-7H3,(H,37,38)/b22-10-,24-12-,25-11-,30-28-/t17-,19+,20-/m0/s1. The first kappa shape index (κ1) is 25.3. The third kappa shape index (κ3) is 3.70. The van der Waals surface area contributed by atoms with Gasteiger partial charge in [-0.05, 0) is 87.1 Å². The van der Waals surface area contributed by atoms with Gasteiger partial charge in [0.1, 0.15) is 0 Å². The van der Waals surface area contributed by atoms with Crippen LogP contribution in [0.25, 0.3) is 23.8 Å². The molecule has 3 aromatic rings. The number of hydrogen-bond acceptors (Lipinski definition) is 3. The number of carbonyl (C=O) groups is 2. The van der Waals surface area contributed by atoms with Crippen LogP contribution in [0.15, 0.2) is 11.4 Å². The largest absolute Gasteiger partial charge is 0.481 e. The first-order chi connectivity index (χ1) is 18.5. The second-order valence-electron chi connectivity index (χ2n) is 11.6. The van der Waals surface area contributed by atoms with Crippen molar-refractivity contribution in [3.05, 3.63) is 78.2 Å². The van der Waals surface area contributed by atoms with E-state index in [0.29, 0.717) is 6.42 Å². The summed E-state index contributed by atoms with van der Waals surface area (Å²) in [6.07, 6.45) is 7.02. The summed E-state index contributed by atoms with van der Waals surface area (Å²) in [7, 11) is 0. The molecule has 0 aromatic carbocycles. The lowest BCUT2D eigenvalue weighted by Gasteiger charge is -2.18. The molecule has 3 aromatic heterocycles. The third-order valence-electron chi connectivity index (χ3n) is 9.49. The van der Waals surface area contributed by atoms with Gasteiger partial charge in [-0.1, -0.05) is 13.8 Å². The number of Topliss-reactive ketones (excluding diaryl/α,β-unsaturated/α-hetero) is 1. The summed E-state index contributed by atoms with van der Waals surface area (Å²) in [5, 5.41) is 15.3. The molecule has 5 N–H and O–H groups in total. The average molecular weight is 525 g/mol. The molecule has 2 aliphatic heterocycles. The van der Waals surface area contributed by atoms with Crippen molar-refractivity contribution in [3.63, 3.8) is 0 Å². The molecule has 0 radical (unpaired) electrons. The number of fused-ring (bicyclic) bond motifs is 7. The molecule has 39 heavy (non-hydrogen) atoms. The van der Waals surface area contributed by atoms with Crippen molar-refractivity contribution in [2.45, 2.75) is 61.3 Å². The van der Waals surface area contributed by atoms with E-state index in [1.54, 1.807) is 0 Å². The minimum Gasteiger partial charge on any atom is -0.481 e. The Morgan fingerprint density at radius 2 is 1.41 bits per heavy atom. The molecule has 0 amide bonds. The van der Waals surface area contributed by atoms with Gasteiger partial charge in [-0.15, -0.1) is 0 Å². The second kappa shape index (κ2) is 8.76. The Hall–Kier alpha value is -4.00. The van der Waals surface area contributed by atoms with Crippen LogP contribution in [-0.2, 0) is 4.79 Å². The van der Waals surface area contributed by atoms with Crippen LogP contribution >= 0.6 is 0 Å². The van der Waals surface area contributed by atoms with Gasteiger partial charge in [0, 0.05) is 74.5 Å². The number of aromatic nitrogens is 3. The Bertz CT molecular complexity index is 1770. The molecule has 1 aliphatic carbocycles. The quantitative estimate of drug-likeness (QED) is 0.347. The fraction of sp³-hybridized carbons (Fsp3) is 0.375. The number of rotatable bonds is 3. The summed E-state index contributed by atoms with van der Waals surface area (Å²) in [6, 6.07) is 0. The minimum absolute atomic E-state index is 0.0342. The lowest BCUT2D eigenvalue weighted by molar-refractivity contribution is -0.137. The van der Waals surface area contributed by atoms with Gasteiger partial charge in [-0.2, -0.15) is 0 Å². The van der Waals surface area contributed by atoms with Gasteiger partial charge in [0.25, 0.3) is 0 Å². The molecule has 5 heterocycles. The lowest BCUT2D eigenvalue weighted by atomic mass is 9.85. The van der Waals surface area contributed by atoms with Crippen LogP contribution in [0.3, 0.4) is 0 Å². The maximum Gasteiger partial charge on any atom is 0.303 e. The van der Waals surface area contributed by atoms with Gasteiger partial charge in [-0.3, -0.25) is 9.59 Å². The highest BCUT2D eigenvalue weighted by molar-refractivity contribution is 6.15. The predicted molar refractivity (Wildman–Crippen MR) is 153 cm³/mol. The molecule has 0 saturated carbocycles. The molecule has 7 nitrogen and oxygen atoms in total. The van der Waals surface area contributed by atoms with Crippen molar-refractivity contribution in [2.24, 2.45) is 17.8 Å². The molecule has 1 saturated heterocycles. The molecular formula is C32H36N4O3. The van der Waals surface area contributed by atoms with Crippen molar-refractivity contribution < 1.29 is 14.7 Å². The summed E-state index contributed by atoms with van der Waals surface area (Å²) < 4.78 is 0. The monoisotopic (exact) mass is 524 g/mol. The Kier molecular flexibility index (Phi) is 5.68. The molecule has 0 spiro atoms. The highest BCUT2D eigenvalue weighted by atomic mass is 16.4.